The summed E-state index contributed by atoms with van der Waals surface area (Å²) in [6.07, 6.45) is 4.85. The Morgan fingerprint density at radius 2 is 1.62 bits per heavy atom. The molecule has 0 atom stereocenters. The Labute approximate surface area is 103 Å². The summed E-state index contributed by atoms with van der Waals surface area (Å²) in [6.45, 7) is 16.8. The maximum Gasteiger partial charge on any atom is 0.0631 e. The van der Waals surface area contributed by atoms with Crippen LogP contribution in [0.2, 0.25) is 0 Å². The molecule has 0 aromatic rings. The number of hydrogen-bond donors (Lipinski definition) is 0. The Bertz CT molecular complexity index is 180. The van der Waals surface area contributed by atoms with E-state index in [2.05, 4.69) is 48.5 Å². The van der Waals surface area contributed by atoms with E-state index < -0.39 is 0 Å². The van der Waals surface area contributed by atoms with Gasteiger partial charge in [-0.05, 0) is 44.4 Å². The third-order valence-corrected chi connectivity index (χ3v) is 3.02. The molecule has 0 rings (SSSR count). The second-order valence-corrected chi connectivity index (χ2v) is 6.88. The predicted molar refractivity (Wildman–Crippen MR) is 72.8 cm³/mol. The predicted octanol–water partition coefficient (Wildman–Crippen LogP) is 5.04. The Kier molecular flexibility index (Phi) is 6.62. The Hall–Kier alpha value is -0.0400. The average molecular weight is 228 g/mol. The summed E-state index contributed by atoms with van der Waals surface area (Å²) in [5, 5.41) is 0. The van der Waals surface area contributed by atoms with Gasteiger partial charge in [0.25, 0.3) is 0 Å². The molecule has 0 radical (unpaired) electrons. The average Bonchev–Trinajstić information content (AvgIpc) is 1.99. The van der Waals surface area contributed by atoms with Crippen molar-refractivity contribution in [3.05, 3.63) is 0 Å². The molecule has 0 aliphatic heterocycles. The van der Waals surface area contributed by atoms with Crippen molar-refractivity contribution in [1.82, 2.24) is 0 Å². The van der Waals surface area contributed by atoms with Gasteiger partial charge in [-0.3, -0.25) is 0 Å². The van der Waals surface area contributed by atoms with Gasteiger partial charge in [-0.25, -0.2) is 0 Å². The van der Waals surface area contributed by atoms with Gasteiger partial charge in [0.2, 0.25) is 0 Å². The summed E-state index contributed by atoms with van der Waals surface area (Å²) in [7, 11) is 0. The first-order valence-electron chi connectivity index (χ1n) is 6.82. The molecule has 98 valence electrons. The Morgan fingerprint density at radius 3 is 2.06 bits per heavy atom. The highest BCUT2D eigenvalue weighted by Gasteiger charge is 2.28. The molecule has 0 saturated carbocycles. The summed E-state index contributed by atoms with van der Waals surface area (Å²) < 4.78 is 6.02. The first-order chi connectivity index (χ1) is 7.18. The quantitative estimate of drug-likeness (QED) is 0.565. The summed E-state index contributed by atoms with van der Waals surface area (Å²) in [6, 6.07) is 0. The molecule has 0 spiro atoms. The van der Waals surface area contributed by atoms with Crippen molar-refractivity contribution in [1.29, 1.82) is 0 Å². The molecule has 0 aliphatic carbocycles. The Balaban J connectivity index is 4.02. The first kappa shape index (κ1) is 16.0. The lowest BCUT2D eigenvalue weighted by Gasteiger charge is -2.35. The second kappa shape index (κ2) is 6.64. The molecule has 1 heteroatoms. The van der Waals surface area contributed by atoms with E-state index in [0.29, 0.717) is 5.41 Å². The van der Waals surface area contributed by atoms with Crippen molar-refractivity contribution < 1.29 is 4.74 Å². The maximum absolute atomic E-state index is 6.02. The zero-order valence-corrected chi connectivity index (χ0v) is 12.5. The maximum atomic E-state index is 6.02. The largest absolute Gasteiger partial charge is 0.376 e. The van der Waals surface area contributed by atoms with E-state index in [1.165, 1.54) is 12.8 Å². The van der Waals surface area contributed by atoms with Crippen molar-refractivity contribution in [2.24, 2.45) is 11.3 Å². The third kappa shape index (κ3) is 8.15. The van der Waals surface area contributed by atoms with Crippen LogP contribution in [0.4, 0.5) is 0 Å². The van der Waals surface area contributed by atoms with Crippen LogP contribution >= 0.6 is 0 Å². The molecule has 0 aromatic carbocycles. The molecule has 0 saturated heterocycles. The minimum Gasteiger partial charge on any atom is -0.376 e. The van der Waals surface area contributed by atoms with Crippen molar-refractivity contribution in [3.8, 4) is 0 Å². The van der Waals surface area contributed by atoms with Gasteiger partial charge >= 0.3 is 0 Å². The van der Waals surface area contributed by atoms with Gasteiger partial charge in [-0.1, -0.05) is 41.0 Å². The molecule has 1 nitrogen and oxygen atoms in total. The van der Waals surface area contributed by atoms with Gasteiger partial charge in [0.15, 0.2) is 0 Å². The fraction of sp³-hybridized carbons (Fsp3) is 1.00. The van der Waals surface area contributed by atoms with E-state index in [1.54, 1.807) is 0 Å². The molecule has 0 heterocycles. The monoisotopic (exact) mass is 228 g/mol. The van der Waals surface area contributed by atoms with Crippen LogP contribution in [-0.4, -0.2) is 12.2 Å². The first-order valence-corrected chi connectivity index (χ1v) is 6.82. The van der Waals surface area contributed by atoms with Crippen molar-refractivity contribution in [2.45, 2.75) is 79.8 Å². The van der Waals surface area contributed by atoms with Crippen LogP contribution in [-0.2, 0) is 4.74 Å². The van der Waals surface area contributed by atoms with Crippen LogP contribution in [0.1, 0.15) is 74.1 Å². The summed E-state index contributed by atoms with van der Waals surface area (Å²) in [5.41, 5.74) is 0.420. The minimum absolute atomic E-state index is 0.0214. The lowest BCUT2D eigenvalue weighted by Crippen LogP contribution is -2.32. The van der Waals surface area contributed by atoms with Crippen LogP contribution in [0, 0.1) is 11.3 Å². The molecule has 0 bridgehead atoms. The van der Waals surface area contributed by atoms with Crippen LogP contribution in [0.25, 0.3) is 0 Å². The molecule has 0 aliphatic rings. The van der Waals surface area contributed by atoms with E-state index in [4.69, 9.17) is 4.74 Å². The Morgan fingerprint density at radius 1 is 1.06 bits per heavy atom. The van der Waals surface area contributed by atoms with Crippen molar-refractivity contribution in [3.63, 3.8) is 0 Å². The summed E-state index contributed by atoms with van der Waals surface area (Å²) in [4.78, 5) is 0. The molecule has 0 N–H and O–H groups in total. The molecule has 0 aromatic heterocycles. The number of ether oxygens (including phenoxy) is 1. The molecular weight excluding hydrogens is 196 g/mol. The van der Waals surface area contributed by atoms with E-state index in [9.17, 15) is 0 Å². The highest BCUT2D eigenvalue weighted by atomic mass is 16.5. The fourth-order valence-corrected chi connectivity index (χ4v) is 2.54. The second-order valence-electron chi connectivity index (χ2n) is 6.88. The molecule has 0 unspecified atom stereocenters. The van der Waals surface area contributed by atoms with E-state index in [0.717, 1.165) is 25.4 Å². The van der Waals surface area contributed by atoms with Gasteiger partial charge < -0.3 is 4.74 Å². The SMILES string of the molecule is CCCC(C)(C)CC(C)(C)OCCC(C)C. The third-order valence-electron chi connectivity index (χ3n) is 3.02. The topological polar surface area (TPSA) is 9.23 Å². The van der Waals surface area contributed by atoms with E-state index in [1.807, 2.05) is 0 Å². The minimum atomic E-state index is 0.0214. The van der Waals surface area contributed by atoms with Gasteiger partial charge in [0.1, 0.15) is 0 Å². The van der Waals surface area contributed by atoms with Gasteiger partial charge in [-0.15, -0.1) is 0 Å². The molecular formula is C15H32O. The fourth-order valence-electron chi connectivity index (χ4n) is 2.54. The molecule has 0 fully saturated rings. The highest BCUT2D eigenvalue weighted by Crippen LogP contribution is 2.34. The lowest BCUT2D eigenvalue weighted by molar-refractivity contribution is -0.0506. The highest BCUT2D eigenvalue weighted by molar-refractivity contribution is 4.79. The van der Waals surface area contributed by atoms with Gasteiger partial charge in [0, 0.05) is 6.61 Å². The normalized spacial score (nSPS) is 13.5. The van der Waals surface area contributed by atoms with Crippen LogP contribution < -0.4 is 0 Å². The van der Waals surface area contributed by atoms with Crippen LogP contribution in [0.5, 0.6) is 0 Å². The summed E-state index contributed by atoms with van der Waals surface area (Å²) >= 11 is 0. The van der Waals surface area contributed by atoms with Crippen LogP contribution in [0.15, 0.2) is 0 Å². The van der Waals surface area contributed by atoms with Crippen molar-refractivity contribution >= 4 is 0 Å². The van der Waals surface area contributed by atoms with Gasteiger partial charge in [-0.2, -0.15) is 0 Å². The zero-order valence-electron chi connectivity index (χ0n) is 12.5. The molecule has 0 amide bonds. The zero-order chi connectivity index (χ0) is 12.8. The summed E-state index contributed by atoms with van der Waals surface area (Å²) in [5.74, 6) is 0.736. The number of rotatable bonds is 8. The van der Waals surface area contributed by atoms with Gasteiger partial charge in [0.05, 0.1) is 5.60 Å². The van der Waals surface area contributed by atoms with E-state index in [-0.39, 0.29) is 5.60 Å². The smallest absolute Gasteiger partial charge is 0.0631 e. The molecule has 16 heavy (non-hydrogen) atoms. The van der Waals surface area contributed by atoms with Crippen molar-refractivity contribution in [2.75, 3.05) is 6.61 Å². The standard InChI is InChI=1S/C15H32O/c1-8-10-14(4,5)12-15(6,7)16-11-9-13(2)3/h13H,8-12H2,1-7H3. The van der Waals surface area contributed by atoms with E-state index >= 15 is 0 Å². The lowest BCUT2D eigenvalue weighted by atomic mass is 9.78. The van der Waals surface area contributed by atoms with Crippen LogP contribution in [0.3, 0.4) is 0 Å². The number of hydrogen-bond acceptors (Lipinski definition) is 1.